The number of carbonyl (C=O) groups is 1. The first-order valence-corrected chi connectivity index (χ1v) is 11.8. The lowest BCUT2D eigenvalue weighted by molar-refractivity contribution is 0.102. The zero-order chi connectivity index (χ0) is 23.8. The summed E-state index contributed by atoms with van der Waals surface area (Å²) < 4.78 is 43.4. The molecule has 33 heavy (non-hydrogen) atoms. The number of pyridine rings is 1. The molecular weight excluding hydrogens is 443 g/mol. The molecule has 2 heterocycles. The maximum absolute atomic E-state index is 14.3. The molecule has 0 unspecified atom stereocenters. The molecule has 0 fully saturated rings. The summed E-state index contributed by atoms with van der Waals surface area (Å²) in [6, 6.07) is 13.7. The molecule has 0 radical (unpaired) electrons. The van der Waals surface area contributed by atoms with Crippen LogP contribution in [0.5, 0.6) is 0 Å². The molecule has 0 aliphatic carbocycles. The number of imidazole rings is 1. The fraction of sp³-hybridized carbons (Fsp3) is 0.167. The van der Waals surface area contributed by atoms with Gasteiger partial charge in [-0.3, -0.25) is 4.79 Å². The van der Waals surface area contributed by atoms with Gasteiger partial charge in [0.15, 0.2) is 0 Å². The van der Waals surface area contributed by atoms with Gasteiger partial charge in [-0.2, -0.15) is 0 Å². The Hall–Kier alpha value is -3.56. The Bertz CT molecular complexity index is 1440. The average Bonchev–Trinajstić information content (AvgIpc) is 3.19. The van der Waals surface area contributed by atoms with E-state index in [1.807, 2.05) is 35.9 Å². The van der Waals surface area contributed by atoms with Crippen molar-refractivity contribution in [1.82, 2.24) is 14.1 Å². The highest BCUT2D eigenvalue weighted by Crippen LogP contribution is 2.23. The van der Waals surface area contributed by atoms with Gasteiger partial charge >= 0.3 is 0 Å². The molecule has 7 nitrogen and oxygen atoms in total. The summed E-state index contributed by atoms with van der Waals surface area (Å²) in [6.45, 7) is 5.33. The summed E-state index contributed by atoms with van der Waals surface area (Å²) in [5.74, 6) is -1.56. The molecule has 2 aromatic heterocycles. The fourth-order valence-corrected chi connectivity index (χ4v) is 4.72. The second-order valence-electron chi connectivity index (χ2n) is 8.00. The van der Waals surface area contributed by atoms with Crippen LogP contribution in [0.2, 0.25) is 0 Å². The molecule has 0 spiro atoms. The van der Waals surface area contributed by atoms with Crippen molar-refractivity contribution in [1.29, 1.82) is 0 Å². The van der Waals surface area contributed by atoms with Crippen LogP contribution >= 0.6 is 0 Å². The standard InChI is InChI=1S/C24H23FN4O3S/c1-15(2)28-33(31,32)19-10-11-21(25)20(13-19)24(30)26-18-8-6-17(7-9-18)22-14-29-12-4-5-16(3)23(29)27-22/h4-15,28H,1-3H3,(H,26,30). The Kier molecular flexibility index (Phi) is 6.01. The van der Waals surface area contributed by atoms with Crippen molar-refractivity contribution < 1.29 is 17.6 Å². The summed E-state index contributed by atoms with van der Waals surface area (Å²) in [6.07, 6.45) is 3.84. The van der Waals surface area contributed by atoms with Crippen LogP contribution in [0.4, 0.5) is 10.1 Å². The molecule has 0 bridgehead atoms. The molecule has 9 heteroatoms. The normalized spacial score (nSPS) is 11.8. The average molecular weight is 467 g/mol. The Morgan fingerprint density at radius 3 is 2.48 bits per heavy atom. The van der Waals surface area contributed by atoms with Crippen molar-refractivity contribution in [3.63, 3.8) is 0 Å². The molecule has 0 saturated heterocycles. The first-order valence-electron chi connectivity index (χ1n) is 10.3. The Morgan fingerprint density at radius 1 is 1.09 bits per heavy atom. The number of nitrogens with one attached hydrogen (secondary N) is 2. The Balaban J connectivity index is 1.55. The van der Waals surface area contributed by atoms with Crippen LogP contribution in [0.3, 0.4) is 0 Å². The number of nitrogens with zero attached hydrogens (tertiary/aromatic N) is 2. The van der Waals surface area contributed by atoms with E-state index in [0.717, 1.165) is 40.7 Å². The minimum absolute atomic E-state index is 0.180. The van der Waals surface area contributed by atoms with Gasteiger partial charge in [-0.25, -0.2) is 22.5 Å². The van der Waals surface area contributed by atoms with Crippen molar-refractivity contribution in [3.8, 4) is 11.3 Å². The molecule has 170 valence electrons. The van der Waals surface area contributed by atoms with Crippen LogP contribution in [0.1, 0.15) is 29.8 Å². The lowest BCUT2D eigenvalue weighted by Gasteiger charge is -2.11. The number of amides is 1. The monoisotopic (exact) mass is 466 g/mol. The topological polar surface area (TPSA) is 92.6 Å². The zero-order valence-electron chi connectivity index (χ0n) is 18.3. The van der Waals surface area contributed by atoms with E-state index in [-0.39, 0.29) is 16.5 Å². The predicted molar refractivity (Wildman–Crippen MR) is 125 cm³/mol. The summed E-state index contributed by atoms with van der Waals surface area (Å²) in [5.41, 5.74) is 3.64. The SMILES string of the molecule is Cc1cccn2cc(-c3ccc(NC(=O)c4cc(S(=O)(=O)NC(C)C)ccc4F)cc3)nc12. The van der Waals surface area contributed by atoms with E-state index in [1.54, 1.807) is 38.1 Å². The number of sulfonamides is 1. The maximum atomic E-state index is 14.3. The van der Waals surface area contributed by atoms with Crippen LogP contribution in [-0.4, -0.2) is 29.8 Å². The number of benzene rings is 2. The van der Waals surface area contributed by atoms with Crippen LogP contribution in [0.25, 0.3) is 16.9 Å². The number of carbonyl (C=O) groups excluding carboxylic acids is 1. The Labute approximate surface area is 191 Å². The number of aryl methyl sites for hydroxylation is 1. The van der Waals surface area contributed by atoms with Crippen LogP contribution in [-0.2, 0) is 10.0 Å². The third-order valence-electron chi connectivity index (χ3n) is 5.00. The third-order valence-corrected chi connectivity index (χ3v) is 6.66. The van der Waals surface area contributed by atoms with Crippen molar-refractivity contribution in [2.45, 2.75) is 31.7 Å². The Morgan fingerprint density at radius 2 is 1.82 bits per heavy atom. The number of hydrogen-bond donors (Lipinski definition) is 2. The molecule has 2 N–H and O–H groups in total. The van der Waals surface area contributed by atoms with Crippen molar-refractivity contribution >= 4 is 27.3 Å². The second-order valence-corrected chi connectivity index (χ2v) is 9.71. The lowest BCUT2D eigenvalue weighted by Crippen LogP contribution is -2.30. The summed E-state index contributed by atoms with van der Waals surface area (Å²) in [7, 11) is -3.86. The van der Waals surface area contributed by atoms with E-state index >= 15 is 0 Å². The molecule has 4 rings (SSSR count). The van der Waals surface area contributed by atoms with Crippen molar-refractivity contribution in [2.24, 2.45) is 0 Å². The van der Waals surface area contributed by atoms with E-state index in [2.05, 4.69) is 15.0 Å². The van der Waals surface area contributed by atoms with E-state index in [1.165, 1.54) is 0 Å². The van der Waals surface area contributed by atoms with Crippen LogP contribution < -0.4 is 10.0 Å². The molecule has 0 aliphatic rings. The molecule has 1 amide bonds. The smallest absolute Gasteiger partial charge is 0.258 e. The van der Waals surface area contributed by atoms with Gasteiger partial charge in [0.25, 0.3) is 5.91 Å². The van der Waals surface area contributed by atoms with Gasteiger partial charge in [-0.1, -0.05) is 18.2 Å². The number of fused-ring (bicyclic) bond motifs is 1. The number of aromatic nitrogens is 2. The summed E-state index contributed by atoms with van der Waals surface area (Å²) in [5, 5.41) is 2.61. The van der Waals surface area contributed by atoms with Gasteiger partial charge in [0.1, 0.15) is 11.5 Å². The lowest BCUT2D eigenvalue weighted by atomic mass is 10.1. The van der Waals surface area contributed by atoms with Gasteiger partial charge in [0, 0.05) is 29.7 Å². The number of hydrogen-bond acceptors (Lipinski definition) is 4. The number of halogens is 1. The highest BCUT2D eigenvalue weighted by atomic mass is 32.2. The molecular formula is C24H23FN4O3S. The quantitative estimate of drug-likeness (QED) is 0.441. The molecule has 4 aromatic rings. The van der Waals surface area contributed by atoms with Gasteiger partial charge in [-0.15, -0.1) is 0 Å². The van der Waals surface area contributed by atoms with E-state index in [4.69, 9.17) is 0 Å². The largest absolute Gasteiger partial charge is 0.322 e. The van der Waals surface area contributed by atoms with E-state index < -0.39 is 21.7 Å². The first kappa shape index (κ1) is 22.6. The molecule has 2 aromatic carbocycles. The highest BCUT2D eigenvalue weighted by Gasteiger charge is 2.20. The minimum atomic E-state index is -3.86. The van der Waals surface area contributed by atoms with Gasteiger partial charge < -0.3 is 9.72 Å². The zero-order valence-corrected chi connectivity index (χ0v) is 19.2. The van der Waals surface area contributed by atoms with Crippen molar-refractivity contribution in [2.75, 3.05) is 5.32 Å². The second kappa shape index (κ2) is 8.76. The third kappa shape index (κ3) is 4.79. The van der Waals surface area contributed by atoms with E-state index in [9.17, 15) is 17.6 Å². The van der Waals surface area contributed by atoms with Gasteiger partial charge in [0.2, 0.25) is 10.0 Å². The summed E-state index contributed by atoms with van der Waals surface area (Å²) in [4.78, 5) is 17.1. The van der Waals surface area contributed by atoms with Gasteiger partial charge in [0.05, 0.1) is 16.2 Å². The highest BCUT2D eigenvalue weighted by molar-refractivity contribution is 7.89. The van der Waals surface area contributed by atoms with E-state index in [0.29, 0.717) is 5.69 Å². The molecule has 0 aliphatic heterocycles. The maximum Gasteiger partial charge on any atom is 0.258 e. The summed E-state index contributed by atoms with van der Waals surface area (Å²) >= 11 is 0. The number of rotatable bonds is 6. The fourth-order valence-electron chi connectivity index (χ4n) is 3.44. The number of anilines is 1. The predicted octanol–water partition coefficient (Wildman–Crippen LogP) is 4.39. The van der Waals surface area contributed by atoms with Crippen molar-refractivity contribution in [3.05, 3.63) is 83.9 Å². The first-order chi connectivity index (χ1) is 15.6. The minimum Gasteiger partial charge on any atom is -0.322 e. The molecule has 0 atom stereocenters. The van der Waals surface area contributed by atoms with Crippen LogP contribution in [0.15, 0.2) is 71.9 Å². The van der Waals surface area contributed by atoms with Crippen LogP contribution in [0, 0.1) is 12.7 Å². The van der Waals surface area contributed by atoms with Gasteiger partial charge in [-0.05, 0) is 62.7 Å². The molecule has 0 saturated carbocycles.